The molecule has 4 heteroatoms. The van der Waals surface area contributed by atoms with Gasteiger partial charge in [0, 0.05) is 18.8 Å². The number of hydrogen-bond donors (Lipinski definition) is 1. The van der Waals surface area contributed by atoms with Gasteiger partial charge in [-0.1, -0.05) is 6.92 Å². The highest BCUT2D eigenvalue weighted by atomic mass is 16.5. The third-order valence-corrected chi connectivity index (χ3v) is 4.22. The molecule has 108 valence electrons. The van der Waals surface area contributed by atoms with E-state index in [1.165, 1.54) is 0 Å². The highest BCUT2D eigenvalue weighted by molar-refractivity contribution is 4.98. The summed E-state index contributed by atoms with van der Waals surface area (Å²) in [4.78, 5) is 0. The van der Waals surface area contributed by atoms with E-state index in [-0.39, 0.29) is 0 Å². The summed E-state index contributed by atoms with van der Waals surface area (Å²) >= 11 is 0. The Kier molecular flexibility index (Phi) is 5.40. The quantitative estimate of drug-likeness (QED) is 0.861. The molecule has 0 saturated heterocycles. The lowest BCUT2D eigenvalue weighted by atomic mass is 9.88. The summed E-state index contributed by atoms with van der Waals surface area (Å²) in [5.41, 5.74) is 1.02. The molecule has 4 nitrogen and oxygen atoms in total. The lowest BCUT2D eigenvalue weighted by Gasteiger charge is -2.27. The fraction of sp³-hybridized carbons (Fsp3) is 0.800. The zero-order valence-electron chi connectivity index (χ0n) is 12.1. The smallest absolute Gasteiger partial charge is 0.0910 e. The van der Waals surface area contributed by atoms with Crippen molar-refractivity contribution in [2.24, 2.45) is 5.92 Å². The summed E-state index contributed by atoms with van der Waals surface area (Å²) in [5, 5.41) is 13.7. The zero-order valence-corrected chi connectivity index (χ0v) is 12.1. The standard InChI is InChI=1S/C15H26N2O2/c1-3-12(2)17-9-8-14(16-17)11-19-15-6-4-13(10-18)5-7-15/h8-9,12-13,15,18H,3-7,10-11H2,1-2H3. The van der Waals surface area contributed by atoms with Crippen molar-refractivity contribution in [1.29, 1.82) is 0 Å². The molecule has 0 amide bonds. The number of aliphatic hydroxyl groups is 1. The Hall–Kier alpha value is -0.870. The van der Waals surface area contributed by atoms with E-state index in [2.05, 4.69) is 18.9 Å². The predicted molar refractivity (Wildman–Crippen MR) is 74.8 cm³/mol. The van der Waals surface area contributed by atoms with Gasteiger partial charge in [-0.3, -0.25) is 4.68 Å². The second-order valence-electron chi connectivity index (χ2n) is 5.68. The van der Waals surface area contributed by atoms with E-state index in [4.69, 9.17) is 9.84 Å². The van der Waals surface area contributed by atoms with Crippen LogP contribution in [-0.4, -0.2) is 27.6 Å². The van der Waals surface area contributed by atoms with Crippen LogP contribution in [0.3, 0.4) is 0 Å². The second-order valence-corrected chi connectivity index (χ2v) is 5.68. The van der Waals surface area contributed by atoms with Gasteiger partial charge in [-0.05, 0) is 51.0 Å². The summed E-state index contributed by atoms with van der Waals surface area (Å²) in [6, 6.07) is 2.50. The molecule has 19 heavy (non-hydrogen) atoms. The Morgan fingerprint density at radius 2 is 2.16 bits per heavy atom. The Morgan fingerprint density at radius 3 is 2.79 bits per heavy atom. The van der Waals surface area contributed by atoms with Crippen LogP contribution >= 0.6 is 0 Å². The molecule has 1 N–H and O–H groups in total. The average molecular weight is 266 g/mol. The van der Waals surface area contributed by atoms with Gasteiger partial charge in [0.25, 0.3) is 0 Å². The average Bonchev–Trinajstić information content (AvgIpc) is 2.93. The van der Waals surface area contributed by atoms with Gasteiger partial charge in [0.15, 0.2) is 0 Å². The fourth-order valence-corrected chi connectivity index (χ4v) is 2.57. The van der Waals surface area contributed by atoms with Crippen LogP contribution in [0.1, 0.15) is 57.7 Å². The monoisotopic (exact) mass is 266 g/mol. The van der Waals surface area contributed by atoms with Gasteiger partial charge < -0.3 is 9.84 Å². The Balaban J connectivity index is 1.75. The molecule has 0 spiro atoms. The minimum atomic E-state index is 0.325. The van der Waals surface area contributed by atoms with Gasteiger partial charge in [-0.15, -0.1) is 0 Å². The van der Waals surface area contributed by atoms with Crippen molar-refractivity contribution in [2.75, 3.05) is 6.61 Å². The van der Waals surface area contributed by atoms with Crippen LogP contribution in [0.15, 0.2) is 12.3 Å². The van der Waals surface area contributed by atoms with Crippen LogP contribution < -0.4 is 0 Å². The maximum absolute atomic E-state index is 9.11. The van der Waals surface area contributed by atoms with E-state index in [1.54, 1.807) is 0 Å². The van der Waals surface area contributed by atoms with Crippen molar-refractivity contribution in [3.05, 3.63) is 18.0 Å². The molecule has 1 aromatic heterocycles. The summed E-state index contributed by atoms with van der Waals surface area (Å²) in [6.45, 7) is 5.28. The first-order valence-corrected chi connectivity index (χ1v) is 7.49. The minimum Gasteiger partial charge on any atom is -0.396 e. The summed E-state index contributed by atoms with van der Waals surface area (Å²) in [7, 11) is 0. The lowest BCUT2D eigenvalue weighted by Crippen LogP contribution is -2.23. The molecule has 0 bridgehead atoms. The van der Waals surface area contributed by atoms with Crippen LogP contribution in [-0.2, 0) is 11.3 Å². The normalized spacial score (nSPS) is 25.4. The van der Waals surface area contributed by atoms with Crippen molar-refractivity contribution < 1.29 is 9.84 Å². The number of ether oxygens (including phenoxy) is 1. The van der Waals surface area contributed by atoms with Gasteiger partial charge in [0.2, 0.25) is 0 Å². The predicted octanol–water partition coefficient (Wildman–Crippen LogP) is 2.92. The van der Waals surface area contributed by atoms with Gasteiger partial charge in [0.1, 0.15) is 0 Å². The molecular formula is C15H26N2O2. The molecule has 1 aliphatic carbocycles. The SMILES string of the molecule is CCC(C)n1ccc(COC2CCC(CO)CC2)n1. The van der Waals surface area contributed by atoms with E-state index in [9.17, 15) is 0 Å². The van der Waals surface area contributed by atoms with Crippen LogP contribution in [0.5, 0.6) is 0 Å². The third kappa shape index (κ3) is 4.05. The number of aliphatic hydroxyl groups excluding tert-OH is 1. The summed E-state index contributed by atoms with van der Waals surface area (Å²) in [6.07, 6.45) is 7.78. The van der Waals surface area contributed by atoms with E-state index in [0.29, 0.717) is 31.3 Å². The molecule has 0 aliphatic heterocycles. The highest BCUT2D eigenvalue weighted by Crippen LogP contribution is 2.26. The highest BCUT2D eigenvalue weighted by Gasteiger charge is 2.21. The van der Waals surface area contributed by atoms with Gasteiger partial charge in [0.05, 0.1) is 18.4 Å². The van der Waals surface area contributed by atoms with E-state index >= 15 is 0 Å². The maximum atomic E-state index is 9.11. The number of aromatic nitrogens is 2. The van der Waals surface area contributed by atoms with E-state index in [0.717, 1.165) is 37.8 Å². The Labute approximate surface area is 115 Å². The molecule has 2 rings (SSSR count). The molecule has 1 atom stereocenters. The Bertz CT molecular complexity index is 370. The second kappa shape index (κ2) is 7.06. The number of rotatable bonds is 6. The fourth-order valence-electron chi connectivity index (χ4n) is 2.57. The van der Waals surface area contributed by atoms with Crippen molar-refractivity contribution in [1.82, 2.24) is 9.78 Å². The molecule has 1 aromatic rings. The zero-order chi connectivity index (χ0) is 13.7. The van der Waals surface area contributed by atoms with E-state index < -0.39 is 0 Å². The van der Waals surface area contributed by atoms with Gasteiger partial charge in [-0.2, -0.15) is 5.10 Å². The van der Waals surface area contributed by atoms with Crippen molar-refractivity contribution >= 4 is 0 Å². The molecular weight excluding hydrogens is 240 g/mol. The lowest BCUT2D eigenvalue weighted by molar-refractivity contribution is -0.000387. The van der Waals surface area contributed by atoms with Gasteiger partial charge in [-0.25, -0.2) is 0 Å². The molecule has 0 aromatic carbocycles. The summed E-state index contributed by atoms with van der Waals surface area (Å²) in [5.74, 6) is 0.490. The summed E-state index contributed by atoms with van der Waals surface area (Å²) < 4.78 is 7.95. The van der Waals surface area contributed by atoms with Crippen molar-refractivity contribution in [3.8, 4) is 0 Å². The molecule has 1 saturated carbocycles. The van der Waals surface area contributed by atoms with Crippen LogP contribution in [0.25, 0.3) is 0 Å². The first kappa shape index (κ1) is 14.5. The van der Waals surface area contributed by atoms with Crippen molar-refractivity contribution in [3.63, 3.8) is 0 Å². The molecule has 0 radical (unpaired) electrons. The van der Waals surface area contributed by atoms with Crippen LogP contribution in [0.2, 0.25) is 0 Å². The van der Waals surface area contributed by atoms with Crippen LogP contribution in [0, 0.1) is 5.92 Å². The topological polar surface area (TPSA) is 47.3 Å². The Morgan fingerprint density at radius 1 is 1.42 bits per heavy atom. The molecule has 1 fully saturated rings. The maximum Gasteiger partial charge on any atom is 0.0910 e. The molecule has 1 aliphatic rings. The molecule has 1 unspecified atom stereocenters. The molecule has 1 heterocycles. The first-order chi connectivity index (χ1) is 9.22. The van der Waals surface area contributed by atoms with Gasteiger partial charge >= 0.3 is 0 Å². The number of hydrogen-bond acceptors (Lipinski definition) is 3. The van der Waals surface area contributed by atoms with E-state index in [1.807, 2.05) is 16.9 Å². The number of nitrogens with zero attached hydrogens (tertiary/aromatic N) is 2. The van der Waals surface area contributed by atoms with Crippen LogP contribution in [0.4, 0.5) is 0 Å². The first-order valence-electron chi connectivity index (χ1n) is 7.49. The minimum absolute atomic E-state index is 0.325. The van der Waals surface area contributed by atoms with Crippen molar-refractivity contribution in [2.45, 2.75) is 64.7 Å². The third-order valence-electron chi connectivity index (χ3n) is 4.22. The largest absolute Gasteiger partial charge is 0.396 e.